The molecule has 118 valence electrons. The normalized spacial score (nSPS) is 11.7. The van der Waals surface area contributed by atoms with Gasteiger partial charge in [0.05, 0.1) is 12.0 Å². The Balaban J connectivity index is 2.33. The molecule has 0 unspecified atom stereocenters. The minimum atomic E-state index is -3.53. The summed E-state index contributed by atoms with van der Waals surface area (Å²) in [6.07, 6.45) is 0. The molecular formula is C17H21NO3S. The Hall–Kier alpha value is -1.85. The molecule has 2 aromatic carbocycles. The van der Waals surface area contributed by atoms with Gasteiger partial charge in [-0.2, -0.15) is 4.31 Å². The third-order valence-corrected chi connectivity index (χ3v) is 5.57. The van der Waals surface area contributed by atoms with E-state index in [-0.39, 0.29) is 6.54 Å². The van der Waals surface area contributed by atoms with E-state index in [1.165, 1.54) is 4.31 Å². The number of ether oxygens (including phenoxy) is 1. The Morgan fingerprint density at radius 2 is 1.77 bits per heavy atom. The van der Waals surface area contributed by atoms with E-state index in [4.69, 9.17) is 4.74 Å². The minimum absolute atomic E-state index is 0.264. The lowest BCUT2D eigenvalue weighted by Crippen LogP contribution is -2.27. The summed E-state index contributed by atoms with van der Waals surface area (Å²) in [5, 5.41) is 0. The molecule has 0 saturated carbocycles. The van der Waals surface area contributed by atoms with Gasteiger partial charge in [0.2, 0.25) is 10.0 Å². The van der Waals surface area contributed by atoms with Crippen LogP contribution in [0.2, 0.25) is 0 Å². The number of benzene rings is 2. The predicted molar refractivity (Wildman–Crippen MR) is 87.6 cm³/mol. The molecule has 0 fully saturated rings. The highest BCUT2D eigenvalue weighted by molar-refractivity contribution is 7.89. The van der Waals surface area contributed by atoms with Crippen LogP contribution in [0.25, 0.3) is 0 Å². The number of para-hydroxylation sites is 1. The number of rotatable bonds is 5. The Morgan fingerprint density at radius 3 is 2.41 bits per heavy atom. The third-order valence-electron chi connectivity index (χ3n) is 3.60. The molecular weight excluding hydrogens is 298 g/mol. The Bertz CT molecular complexity index is 769. The zero-order valence-electron chi connectivity index (χ0n) is 13.3. The van der Waals surface area contributed by atoms with E-state index in [1.807, 2.05) is 50.2 Å². The first kappa shape index (κ1) is 16.5. The first-order valence-corrected chi connectivity index (χ1v) is 8.45. The van der Waals surface area contributed by atoms with Crippen LogP contribution in [0.4, 0.5) is 0 Å². The molecule has 0 N–H and O–H groups in total. The molecule has 4 nitrogen and oxygen atoms in total. The highest BCUT2D eigenvalue weighted by Crippen LogP contribution is 2.24. The first-order chi connectivity index (χ1) is 10.4. The maximum absolute atomic E-state index is 12.8. The molecule has 0 aliphatic carbocycles. The topological polar surface area (TPSA) is 46.6 Å². The van der Waals surface area contributed by atoms with Crippen molar-refractivity contribution in [3.63, 3.8) is 0 Å². The van der Waals surface area contributed by atoms with Crippen molar-refractivity contribution in [1.29, 1.82) is 0 Å². The van der Waals surface area contributed by atoms with Gasteiger partial charge in [-0.1, -0.05) is 35.9 Å². The third kappa shape index (κ3) is 3.31. The average Bonchev–Trinajstić information content (AvgIpc) is 2.47. The van der Waals surface area contributed by atoms with Crippen molar-refractivity contribution in [2.45, 2.75) is 25.3 Å². The van der Waals surface area contributed by atoms with Gasteiger partial charge in [-0.05, 0) is 31.5 Å². The van der Waals surface area contributed by atoms with Crippen LogP contribution in [0.5, 0.6) is 5.75 Å². The second-order valence-corrected chi connectivity index (χ2v) is 7.36. The van der Waals surface area contributed by atoms with E-state index < -0.39 is 10.0 Å². The summed E-state index contributed by atoms with van der Waals surface area (Å²) in [6, 6.07) is 12.8. The van der Waals surface area contributed by atoms with Gasteiger partial charge >= 0.3 is 0 Å². The Morgan fingerprint density at radius 1 is 1.09 bits per heavy atom. The number of hydrogen-bond donors (Lipinski definition) is 0. The molecule has 0 saturated heterocycles. The second kappa shape index (κ2) is 6.50. The van der Waals surface area contributed by atoms with Gasteiger partial charge in [0.25, 0.3) is 0 Å². The summed E-state index contributed by atoms with van der Waals surface area (Å²) >= 11 is 0. The number of hydrogen-bond acceptors (Lipinski definition) is 3. The van der Waals surface area contributed by atoms with Crippen LogP contribution in [0.1, 0.15) is 16.7 Å². The monoisotopic (exact) mass is 319 g/mol. The molecule has 2 aromatic rings. The van der Waals surface area contributed by atoms with Gasteiger partial charge < -0.3 is 4.74 Å². The van der Waals surface area contributed by atoms with Crippen molar-refractivity contribution in [2.24, 2.45) is 0 Å². The molecule has 0 atom stereocenters. The maximum Gasteiger partial charge on any atom is 0.243 e. The van der Waals surface area contributed by atoms with E-state index in [1.54, 1.807) is 20.2 Å². The predicted octanol–water partition coefficient (Wildman–Crippen LogP) is 3.13. The fourth-order valence-electron chi connectivity index (χ4n) is 2.42. The molecule has 0 amide bonds. The van der Waals surface area contributed by atoms with Crippen molar-refractivity contribution in [3.8, 4) is 5.75 Å². The highest BCUT2D eigenvalue weighted by Gasteiger charge is 2.23. The molecule has 2 rings (SSSR count). The number of sulfonamides is 1. The van der Waals surface area contributed by atoms with Gasteiger partial charge in [0.15, 0.2) is 0 Å². The van der Waals surface area contributed by atoms with Crippen molar-refractivity contribution >= 4 is 10.0 Å². The summed E-state index contributed by atoms with van der Waals surface area (Å²) in [7, 11) is -0.367. The fourth-order valence-corrected chi connectivity index (χ4v) is 3.77. The number of nitrogens with zero attached hydrogens (tertiary/aromatic N) is 1. The summed E-state index contributed by atoms with van der Waals surface area (Å²) in [6.45, 7) is 4.03. The van der Waals surface area contributed by atoms with Crippen LogP contribution in [0, 0.1) is 13.8 Å². The Labute approximate surface area is 132 Å². The average molecular weight is 319 g/mol. The highest BCUT2D eigenvalue weighted by atomic mass is 32.2. The number of aryl methyl sites for hydroxylation is 2. The van der Waals surface area contributed by atoms with E-state index >= 15 is 0 Å². The smallest absolute Gasteiger partial charge is 0.243 e. The molecule has 0 aliphatic heterocycles. The zero-order chi connectivity index (χ0) is 16.3. The van der Waals surface area contributed by atoms with Gasteiger partial charge in [-0.3, -0.25) is 0 Å². The van der Waals surface area contributed by atoms with Crippen molar-refractivity contribution in [3.05, 3.63) is 59.2 Å². The first-order valence-electron chi connectivity index (χ1n) is 7.01. The molecule has 0 bridgehead atoms. The maximum atomic E-state index is 12.8. The van der Waals surface area contributed by atoms with Crippen molar-refractivity contribution in [1.82, 2.24) is 4.31 Å². The van der Waals surface area contributed by atoms with Crippen LogP contribution < -0.4 is 4.74 Å². The SMILES string of the molecule is COc1ccccc1CN(C)S(=O)(=O)c1ccc(C)cc1C. The molecule has 0 aromatic heterocycles. The second-order valence-electron chi connectivity index (χ2n) is 5.34. The number of methoxy groups -OCH3 is 1. The van der Waals surface area contributed by atoms with Gasteiger partial charge in [-0.15, -0.1) is 0 Å². The lowest BCUT2D eigenvalue weighted by molar-refractivity contribution is 0.398. The largest absolute Gasteiger partial charge is 0.496 e. The van der Waals surface area contributed by atoms with Gasteiger partial charge in [0, 0.05) is 19.2 Å². The molecule has 0 radical (unpaired) electrons. The van der Waals surface area contributed by atoms with E-state index in [0.29, 0.717) is 10.6 Å². The van der Waals surface area contributed by atoms with Crippen LogP contribution in [-0.2, 0) is 16.6 Å². The van der Waals surface area contributed by atoms with E-state index in [2.05, 4.69) is 0 Å². The van der Waals surface area contributed by atoms with Crippen LogP contribution in [-0.4, -0.2) is 26.9 Å². The van der Waals surface area contributed by atoms with Gasteiger partial charge in [0.1, 0.15) is 5.75 Å². The molecule has 5 heteroatoms. The Kier molecular flexibility index (Phi) is 4.88. The van der Waals surface area contributed by atoms with Gasteiger partial charge in [-0.25, -0.2) is 8.42 Å². The summed E-state index contributed by atoms with van der Waals surface area (Å²) in [5.74, 6) is 0.685. The zero-order valence-corrected chi connectivity index (χ0v) is 14.1. The fraction of sp³-hybridized carbons (Fsp3) is 0.294. The lowest BCUT2D eigenvalue weighted by Gasteiger charge is -2.20. The van der Waals surface area contributed by atoms with Crippen molar-refractivity contribution < 1.29 is 13.2 Å². The van der Waals surface area contributed by atoms with Crippen LogP contribution >= 0.6 is 0 Å². The lowest BCUT2D eigenvalue weighted by atomic mass is 10.2. The minimum Gasteiger partial charge on any atom is -0.496 e. The van der Waals surface area contributed by atoms with Crippen LogP contribution in [0.15, 0.2) is 47.4 Å². The molecule has 0 spiro atoms. The molecule has 0 heterocycles. The molecule has 22 heavy (non-hydrogen) atoms. The standard InChI is InChI=1S/C17H21NO3S/c1-13-9-10-17(14(2)11-13)22(19,20)18(3)12-15-7-5-6-8-16(15)21-4/h5-11H,12H2,1-4H3. The van der Waals surface area contributed by atoms with E-state index in [0.717, 1.165) is 16.7 Å². The summed E-state index contributed by atoms with van der Waals surface area (Å²) < 4.78 is 32.1. The van der Waals surface area contributed by atoms with Crippen molar-refractivity contribution in [2.75, 3.05) is 14.2 Å². The summed E-state index contributed by atoms with van der Waals surface area (Å²) in [4.78, 5) is 0.343. The molecule has 0 aliphatic rings. The summed E-state index contributed by atoms with van der Waals surface area (Å²) in [5.41, 5.74) is 2.64. The van der Waals surface area contributed by atoms with Crippen LogP contribution in [0.3, 0.4) is 0 Å². The quantitative estimate of drug-likeness (QED) is 0.850. The van der Waals surface area contributed by atoms with E-state index in [9.17, 15) is 8.42 Å².